The molecule has 2 amide bonds. The van der Waals surface area contributed by atoms with E-state index in [1.54, 1.807) is 24.3 Å². The zero-order valence-corrected chi connectivity index (χ0v) is 14.8. The molecule has 26 heavy (non-hydrogen) atoms. The first-order valence-electron chi connectivity index (χ1n) is 9.03. The van der Waals surface area contributed by atoms with Crippen molar-refractivity contribution in [3.8, 4) is 5.75 Å². The van der Waals surface area contributed by atoms with Gasteiger partial charge in [0, 0.05) is 6.04 Å². The number of ether oxygens (including phenoxy) is 1. The number of carbonyl (C=O) groups excluding carboxylic acids is 2. The van der Waals surface area contributed by atoms with Crippen LogP contribution in [-0.4, -0.2) is 42.1 Å². The third-order valence-electron chi connectivity index (χ3n) is 4.49. The molecule has 0 spiro atoms. The predicted octanol–water partition coefficient (Wildman–Crippen LogP) is 1.72. The summed E-state index contributed by atoms with van der Waals surface area (Å²) in [5, 5.41) is 14.7. The lowest BCUT2D eigenvalue weighted by Gasteiger charge is -2.27. The summed E-state index contributed by atoms with van der Waals surface area (Å²) in [6.45, 7) is -0.377. The van der Waals surface area contributed by atoms with Gasteiger partial charge < -0.3 is 20.5 Å². The molecular formula is C19H26N2O5. The maximum atomic E-state index is 12.1. The molecule has 1 aromatic rings. The van der Waals surface area contributed by atoms with Gasteiger partial charge in [-0.1, -0.05) is 43.9 Å². The van der Waals surface area contributed by atoms with E-state index in [1.807, 2.05) is 6.07 Å². The van der Waals surface area contributed by atoms with Crippen LogP contribution in [0.4, 0.5) is 0 Å². The molecular weight excluding hydrogens is 336 g/mol. The number of carbonyl (C=O) groups is 3. The van der Waals surface area contributed by atoms with Gasteiger partial charge in [0.2, 0.25) is 5.91 Å². The van der Waals surface area contributed by atoms with Crippen LogP contribution < -0.4 is 15.4 Å². The van der Waals surface area contributed by atoms with Crippen LogP contribution in [0.25, 0.3) is 0 Å². The molecule has 1 aromatic carbocycles. The van der Waals surface area contributed by atoms with E-state index in [0.717, 1.165) is 25.7 Å². The quantitative estimate of drug-likeness (QED) is 0.685. The third kappa shape index (κ3) is 6.74. The summed E-state index contributed by atoms with van der Waals surface area (Å²) in [4.78, 5) is 35.3. The fourth-order valence-corrected chi connectivity index (χ4v) is 3.11. The van der Waals surface area contributed by atoms with Gasteiger partial charge in [-0.3, -0.25) is 14.4 Å². The summed E-state index contributed by atoms with van der Waals surface area (Å²) in [6.07, 6.45) is 5.04. The highest BCUT2D eigenvalue weighted by molar-refractivity contribution is 5.85. The Hall–Kier alpha value is -2.57. The second-order valence-corrected chi connectivity index (χ2v) is 6.49. The van der Waals surface area contributed by atoms with E-state index in [1.165, 1.54) is 0 Å². The van der Waals surface area contributed by atoms with Crippen molar-refractivity contribution in [3.63, 3.8) is 0 Å². The van der Waals surface area contributed by atoms with Gasteiger partial charge >= 0.3 is 5.97 Å². The minimum atomic E-state index is -0.877. The molecule has 7 nitrogen and oxygen atoms in total. The van der Waals surface area contributed by atoms with E-state index in [4.69, 9.17) is 4.74 Å². The van der Waals surface area contributed by atoms with Crippen LogP contribution in [0.2, 0.25) is 0 Å². The number of rotatable bonds is 7. The topological polar surface area (TPSA) is 105 Å². The third-order valence-corrected chi connectivity index (χ3v) is 4.49. The lowest BCUT2D eigenvalue weighted by molar-refractivity contribution is -0.143. The summed E-state index contributed by atoms with van der Waals surface area (Å²) in [5.41, 5.74) is 0. The van der Waals surface area contributed by atoms with Crippen LogP contribution >= 0.6 is 0 Å². The monoisotopic (exact) mass is 362 g/mol. The number of para-hydroxylation sites is 1. The highest BCUT2D eigenvalue weighted by atomic mass is 16.5. The molecule has 2 unspecified atom stereocenters. The summed E-state index contributed by atoms with van der Waals surface area (Å²) < 4.78 is 5.31. The molecule has 0 aliphatic heterocycles. The van der Waals surface area contributed by atoms with E-state index in [2.05, 4.69) is 10.6 Å². The number of aliphatic carboxylic acids is 1. The van der Waals surface area contributed by atoms with Crippen LogP contribution in [0.1, 0.15) is 38.5 Å². The Kier molecular flexibility index (Phi) is 7.92. The van der Waals surface area contributed by atoms with E-state index in [9.17, 15) is 19.5 Å². The molecule has 1 aliphatic carbocycles. The molecule has 2 atom stereocenters. The Morgan fingerprint density at radius 1 is 1.00 bits per heavy atom. The van der Waals surface area contributed by atoms with E-state index in [0.29, 0.717) is 18.6 Å². The Balaban J connectivity index is 1.75. The minimum Gasteiger partial charge on any atom is -0.484 e. The zero-order valence-electron chi connectivity index (χ0n) is 14.8. The van der Waals surface area contributed by atoms with Gasteiger partial charge in [-0.2, -0.15) is 0 Å². The Labute approximate surface area is 153 Å². The second kappa shape index (κ2) is 10.4. The average Bonchev–Trinajstić information content (AvgIpc) is 2.61. The van der Waals surface area contributed by atoms with Gasteiger partial charge in [-0.05, 0) is 25.0 Å². The Bertz CT molecular complexity index is 605. The highest BCUT2D eigenvalue weighted by Gasteiger charge is 2.29. The number of nitrogens with one attached hydrogen (secondary N) is 2. The normalized spacial score (nSPS) is 20.3. The molecule has 0 radical (unpaired) electrons. The van der Waals surface area contributed by atoms with E-state index < -0.39 is 23.8 Å². The summed E-state index contributed by atoms with van der Waals surface area (Å²) in [5.74, 6) is -1.66. The fourth-order valence-electron chi connectivity index (χ4n) is 3.11. The van der Waals surface area contributed by atoms with Crippen LogP contribution in [0, 0.1) is 5.92 Å². The lowest BCUT2D eigenvalue weighted by Crippen LogP contribution is -2.47. The molecule has 0 saturated heterocycles. The lowest BCUT2D eigenvalue weighted by atomic mass is 9.87. The van der Waals surface area contributed by atoms with Crippen LogP contribution in [0.3, 0.4) is 0 Å². The van der Waals surface area contributed by atoms with Crippen molar-refractivity contribution in [2.75, 3.05) is 13.2 Å². The SMILES string of the molecule is O=C(COc1ccccc1)NCC(=O)NC1CCCCCCC1C(=O)O. The minimum absolute atomic E-state index is 0.182. The fraction of sp³-hybridized carbons (Fsp3) is 0.526. The number of hydrogen-bond acceptors (Lipinski definition) is 4. The zero-order chi connectivity index (χ0) is 18.8. The van der Waals surface area contributed by atoms with Crippen LogP contribution in [-0.2, 0) is 14.4 Å². The molecule has 1 fully saturated rings. The van der Waals surface area contributed by atoms with Gasteiger partial charge in [0.15, 0.2) is 6.61 Å². The summed E-state index contributed by atoms with van der Waals surface area (Å²) in [7, 11) is 0. The van der Waals surface area contributed by atoms with Crippen molar-refractivity contribution in [2.24, 2.45) is 5.92 Å². The Morgan fingerprint density at radius 3 is 2.38 bits per heavy atom. The van der Waals surface area contributed by atoms with Gasteiger partial charge in [0.1, 0.15) is 5.75 Å². The largest absolute Gasteiger partial charge is 0.484 e. The van der Waals surface area contributed by atoms with Gasteiger partial charge in [-0.15, -0.1) is 0 Å². The maximum Gasteiger partial charge on any atom is 0.308 e. The highest BCUT2D eigenvalue weighted by Crippen LogP contribution is 2.23. The van der Waals surface area contributed by atoms with Crippen molar-refractivity contribution in [1.29, 1.82) is 0 Å². The Morgan fingerprint density at radius 2 is 1.69 bits per heavy atom. The van der Waals surface area contributed by atoms with Crippen molar-refractivity contribution in [1.82, 2.24) is 10.6 Å². The smallest absolute Gasteiger partial charge is 0.308 e. The number of hydrogen-bond donors (Lipinski definition) is 3. The van der Waals surface area contributed by atoms with Crippen molar-refractivity contribution in [2.45, 2.75) is 44.6 Å². The molecule has 2 rings (SSSR count). The number of benzene rings is 1. The molecule has 7 heteroatoms. The first-order valence-corrected chi connectivity index (χ1v) is 9.03. The summed E-state index contributed by atoms with van der Waals surface area (Å²) >= 11 is 0. The van der Waals surface area contributed by atoms with Crippen LogP contribution in [0.15, 0.2) is 30.3 Å². The molecule has 3 N–H and O–H groups in total. The molecule has 1 saturated carbocycles. The average molecular weight is 362 g/mol. The molecule has 142 valence electrons. The van der Waals surface area contributed by atoms with Gasteiger partial charge in [0.25, 0.3) is 5.91 Å². The first kappa shape index (κ1) is 19.8. The van der Waals surface area contributed by atoms with E-state index in [-0.39, 0.29) is 19.1 Å². The number of amides is 2. The second-order valence-electron chi connectivity index (χ2n) is 6.49. The van der Waals surface area contributed by atoms with E-state index >= 15 is 0 Å². The van der Waals surface area contributed by atoms with Gasteiger partial charge in [-0.25, -0.2) is 0 Å². The number of carboxylic acids is 1. The molecule has 0 heterocycles. The maximum absolute atomic E-state index is 12.1. The molecule has 0 bridgehead atoms. The molecule has 0 aromatic heterocycles. The van der Waals surface area contributed by atoms with Gasteiger partial charge in [0.05, 0.1) is 12.5 Å². The van der Waals surface area contributed by atoms with Crippen molar-refractivity contribution in [3.05, 3.63) is 30.3 Å². The predicted molar refractivity (Wildman–Crippen MR) is 95.7 cm³/mol. The molecule has 1 aliphatic rings. The first-order chi connectivity index (χ1) is 12.6. The van der Waals surface area contributed by atoms with Crippen molar-refractivity contribution >= 4 is 17.8 Å². The van der Waals surface area contributed by atoms with Crippen LogP contribution in [0.5, 0.6) is 5.75 Å². The number of carboxylic acid groups (broad SMARTS) is 1. The van der Waals surface area contributed by atoms with Crippen molar-refractivity contribution < 1.29 is 24.2 Å². The summed E-state index contributed by atoms with van der Waals surface area (Å²) in [6, 6.07) is 8.53. The standard InChI is InChI=1S/C19H26N2O5/c22-17(12-20-18(23)13-26-14-8-4-3-5-9-14)21-16-11-7-2-1-6-10-15(16)19(24)25/h3-5,8-9,15-16H,1-2,6-7,10-13H2,(H,20,23)(H,21,22)(H,24,25).